The second kappa shape index (κ2) is 9.11. The summed E-state index contributed by atoms with van der Waals surface area (Å²) in [5, 5.41) is 11.7. The van der Waals surface area contributed by atoms with E-state index < -0.39 is 40.3 Å². The van der Waals surface area contributed by atoms with Crippen molar-refractivity contribution in [1.82, 2.24) is 4.90 Å². The Bertz CT molecular complexity index is 1160. The van der Waals surface area contributed by atoms with E-state index in [1.807, 2.05) is 0 Å². The van der Waals surface area contributed by atoms with Crippen LogP contribution in [0.3, 0.4) is 0 Å². The lowest BCUT2D eigenvalue weighted by Crippen LogP contribution is -2.50. The van der Waals surface area contributed by atoms with Gasteiger partial charge in [0.25, 0.3) is 5.91 Å². The standard InChI is InChI=1S/C25H27ClF3N3O3/c1-3-31(4-2)16-9-14(10-16)13-32-20-12-15(22(30)33)11-18(25(27,28)29)21(20)24(35,23(32)34)17-7-5-6-8-19(17)26/h5-8,11-12,14,16,35H,3-4,9-10,13H2,1-2H3,(H2,30,33). The van der Waals surface area contributed by atoms with Crippen molar-refractivity contribution < 1.29 is 27.9 Å². The number of fused-ring (bicyclic) bond motifs is 1. The van der Waals surface area contributed by atoms with Crippen LogP contribution in [0.5, 0.6) is 0 Å². The summed E-state index contributed by atoms with van der Waals surface area (Å²) in [6.45, 7) is 5.98. The van der Waals surface area contributed by atoms with E-state index in [1.165, 1.54) is 18.2 Å². The molecule has 2 aromatic carbocycles. The Morgan fingerprint density at radius 2 is 1.86 bits per heavy atom. The number of benzene rings is 2. The van der Waals surface area contributed by atoms with Crippen LogP contribution >= 0.6 is 11.6 Å². The molecule has 1 atom stereocenters. The Morgan fingerprint density at radius 3 is 2.40 bits per heavy atom. The lowest BCUT2D eigenvalue weighted by atomic mass is 9.78. The highest BCUT2D eigenvalue weighted by atomic mass is 35.5. The van der Waals surface area contributed by atoms with E-state index in [0.717, 1.165) is 36.9 Å². The SMILES string of the molecule is CCN(CC)C1CC(CN2C(=O)C(O)(c3ccccc3Cl)c3c2cc(C(N)=O)cc3C(F)(F)F)C1. The molecule has 0 bridgehead atoms. The minimum Gasteiger partial charge on any atom is -0.372 e. The van der Waals surface area contributed by atoms with Crippen molar-refractivity contribution in [2.75, 3.05) is 24.5 Å². The van der Waals surface area contributed by atoms with Crippen molar-refractivity contribution in [3.8, 4) is 0 Å². The third kappa shape index (κ3) is 4.19. The topological polar surface area (TPSA) is 86.9 Å². The van der Waals surface area contributed by atoms with E-state index in [4.69, 9.17) is 17.3 Å². The van der Waals surface area contributed by atoms with Gasteiger partial charge in [0.1, 0.15) is 0 Å². The minimum atomic E-state index is -4.97. The molecule has 35 heavy (non-hydrogen) atoms. The molecular weight excluding hydrogens is 483 g/mol. The quantitative estimate of drug-likeness (QED) is 0.587. The number of aliphatic hydroxyl groups is 1. The molecule has 188 valence electrons. The number of hydrogen-bond donors (Lipinski definition) is 2. The molecule has 1 aliphatic carbocycles. The second-order valence-electron chi connectivity index (χ2n) is 9.10. The molecule has 1 unspecified atom stereocenters. The first-order valence-corrected chi connectivity index (χ1v) is 11.9. The molecule has 10 heteroatoms. The molecule has 4 rings (SSSR count). The van der Waals surface area contributed by atoms with Gasteiger partial charge in [-0.2, -0.15) is 13.2 Å². The summed E-state index contributed by atoms with van der Waals surface area (Å²) < 4.78 is 42.7. The van der Waals surface area contributed by atoms with E-state index in [9.17, 15) is 27.9 Å². The van der Waals surface area contributed by atoms with Crippen LogP contribution in [0.15, 0.2) is 36.4 Å². The smallest absolute Gasteiger partial charge is 0.372 e. The van der Waals surface area contributed by atoms with E-state index >= 15 is 0 Å². The number of primary amides is 1. The molecule has 6 nitrogen and oxygen atoms in total. The van der Waals surface area contributed by atoms with Gasteiger partial charge in [-0.05, 0) is 50.0 Å². The Kier molecular flexibility index (Phi) is 6.63. The number of alkyl halides is 3. The summed E-state index contributed by atoms with van der Waals surface area (Å²) >= 11 is 6.26. The van der Waals surface area contributed by atoms with Gasteiger partial charge in [0.05, 0.1) is 11.3 Å². The lowest BCUT2D eigenvalue weighted by molar-refractivity contribution is -0.142. The molecule has 2 amide bonds. The number of nitrogens with zero attached hydrogens (tertiary/aromatic N) is 2. The Balaban J connectivity index is 1.85. The minimum absolute atomic E-state index is 0.0255. The molecule has 0 radical (unpaired) electrons. The zero-order valence-electron chi connectivity index (χ0n) is 19.4. The van der Waals surface area contributed by atoms with Crippen LogP contribution in [0.25, 0.3) is 0 Å². The molecule has 1 heterocycles. The van der Waals surface area contributed by atoms with Gasteiger partial charge >= 0.3 is 6.18 Å². The fraction of sp³-hybridized carbons (Fsp3) is 0.440. The van der Waals surface area contributed by atoms with Gasteiger partial charge in [0.2, 0.25) is 5.91 Å². The van der Waals surface area contributed by atoms with Crippen LogP contribution in [0, 0.1) is 5.92 Å². The fourth-order valence-corrected chi connectivity index (χ4v) is 5.60. The Hall–Kier alpha value is -2.62. The molecule has 1 fully saturated rings. The maximum atomic E-state index is 14.2. The van der Waals surface area contributed by atoms with Crippen LogP contribution in [-0.4, -0.2) is 47.5 Å². The average molecular weight is 510 g/mol. The summed E-state index contributed by atoms with van der Waals surface area (Å²) in [5.41, 5.74) is 0.00767. The first-order valence-electron chi connectivity index (χ1n) is 11.5. The predicted molar refractivity (Wildman–Crippen MR) is 126 cm³/mol. The second-order valence-corrected chi connectivity index (χ2v) is 9.51. The number of carbonyl (C=O) groups is 2. The van der Waals surface area contributed by atoms with Gasteiger partial charge in [-0.3, -0.25) is 9.59 Å². The van der Waals surface area contributed by atoms with E-state index in [0.29, 0.717) is 12.1 Å². The maximum absolute atomic E-state index is 14.2. The van der Waals surface area contributed by atoms with Crippen molar-refractivity contribution in [3.63, 3.8) is 0 Å². The van der Waals surface area contributed by atoms with Crippen LogP contribution in [-0.2, 0) is 16.6 Å². The van der Waals surface area contributed by atoms with Gasteiger partial charge < -0.3 is 20.6 Å². The lowest BCUT2D eigenvalue weighted by Gasteiger charge is -2.43. The van der Waals surface area contributed by atoms with Crippen molar-refractivity contribution in [1.29, 1.82) is 0 Å². The van der Waals surface area contributed by atoms with Crippen LogP contribution in [0.4, 0.5) is 18.9 Å². The summed E-state index contributed by atoms with van der Waals surface area (Å²) in [5.74, 6) is -1.97. The van der Waals surface area contributed by atoms with E-state index in [-0.39, 0.29) is 28.7 Å². The predicted octanol–water partition coefficient (Wildman–Crippen LogP) is 4.16. The summed E-state index contributed by atoms with van der Waals surface area (Å²) in [6, 6.07) is 7.83. The van der Waals surface area contributed by atoms with Crippen molar-refractivity contribution in [2.24, 2.45) is 11.7 Å². The van der Waals surface area contributed by atoms with Crippen LogP contribution < -0.4 is 10.6 Å². The first kappa shape index (κ1) is 25.5. The molecular formula is C25H27ClF3N3O3. The normalized spacial score (nSPS) is 24.0. The summed E-state index contributed by atoms with van der Waals surface area (Å²) in [7, 11) is 0. The summed E-state index contributed by atoms with van der Waals surface area (Å²) in [6.07, 6.45) is -3.43. The van der Waals surface area contributed by atoms with Crippen LogP contribution in [0.1, 0.15) is 53.7 Å². The molecule has 2 aromatic rings. The number of rotatable bonds is 7. The molecule has 0 spiro atoms. The molecule has 1 saturated carbocycles. The monoisotopic (exact) mass is 509 g/mol. The largest absolute Gasteiger partial charge is 0.416 e. The highest BCUT2D eigenvalue weighted by Gasteiger charge is 2.57. The fourth-order valence-electron chi connectivity index (χ4n) is 5.33. The van der Waals surface area contributed by atoms with Gasteiger partial charge in [-0.25, -0.2) is 0 Å². The van der Waals surface area contributed by atoms with Gasteiger partial charge in [-0.15, -0.1) is 0 Å². The molecule has 3 N–H and O–H groups in total. The third-order valence-corrected chi connectivity index (χ3v) is 7.49. The van der Waals surface area contributed by atoms with Crippen LogP contribution in [0.2, 0.25) is 5.02 Å². The number of carbonyl (C=O) groups excluding carboxylic acids is 2. The molecule has 0 aromatic heterocycles. The van der Waals surface area contributed by atoms with Crippen molar-refractivity contribution in [3.05, 3.63) is 63.7 Å². The Labute approximate surface area is 206 Å². The Morgan fingerprint density at radius 1 is 1.23 bits per heavy atom. The van der Waals surface area contributed by atoms with Gasteiger partial charge in [-0.1, -0.05) is 43.6 Å². The van der Waals surface area contributed by atoms with Gasteiger partial charge in [0.15, 0.2) is 5.60 Å². The summed E-state index contributed by atoms with van der Waals surface area (Å²) in [4.78, 5) is 29.1. The maximum Gasteiger partial charge on any atom is 0.416 e. The number of nitrogens with two attached hydrogens (primary N) is 1. The zero-order chi connectivity index (χ0) is 25.7. The molecule has 0 saturated heterocycles. The average Bonchev–Trinajstić information content (AvgIpc) is 2.99. The van der Waals surface area contributed by atoms with Crippen molar-refractivity contribution >= 4 is 29.1 Å². The number of anilines is 1. The first-order chi connectivity index (χ1) is 16.4. The highest BCUT2D eigenvalue weighted by molar-refractivity contribution is 6.32. The highest BCUT2D eigenvalue weighted by Crippen LogP contribution is 2.52. The van der Waals surface area contributed by atoms with E-state index in [1.54, 1.807) is 6.07 Å². The molecule has 2 aliphatic rings. The zero-order valence-corrected chi connectivity index (χ0v) is 20.2. The number of amides is 2. The van der Waals surface area contributed by atoms with E-state index in [2.05, 4.69) is 18.7 Å². The molecule has 1 aliphatic heterocycles. The van der Waals surface area contributed by atoms with Gasteiger partial charge in [0, 0.05) is 34.3 Å². The number of hydrogen-bond acceptors (Lipinski definition) is 4. The number of halogens is 4. The van der Waals surface area contributed by atoms with Crippen molar-refractivity contribution in [2.45, 2.75) is 44.5 Å². The third-order valence-electron chi connectivity index (χ3n) is 7.16.